The molecule has 15 heavy (non-hydrogen) atoms. The standard InChI is InChI=1S/C8H17NO5S/c1-9(2,5-3-4-8(10)11)6-7-15(12,13)14/h3-7H2,1-2H3,(H-,10,11,12,13,14)/p+1. The van der Waals surface area contributed by atoms with Crippen LogP contribution in [0.15, 0.2) is 0 Å². The normalized spacial score (nSPS) is 12.7. The molecule has 0 saturated carbocycles. The summed E-state index contributed by atoms with van der Waals surface area (Å²) < 4.78 is 30.0. The molecule has 0 aliphatic carbocycles. The maximum absolute atomic E-state index is 10.5. The Balaban J connectivity index is 3.92. The topological polar surface area (TPSA) is 91.7 Å². The van der Waals surface area contributed by atoms with Crippen molar-refractivity contribution >= 4 is 16.1 Å². The summed E-state index contributed by atoms with van der Waals surface area (Å²) in [5.74, 6) is -1.16. The molecule has 0 aromatic carbocycles. The van der Waals surface area contributed by atoms with Crippen molar-refractivity contribution in [1.82, 2.24) is 0 Å². The highest BCUT2D eigenvalue weighted by atomic mass is 32.2. The van der Waals surface area contributed by atoms with E-state index < -0.39 is 16.1 Å². The molecule has 0 aliphatic rings. The van der Waals surface area contributed by atoms with Gasteiger partial charge >= 0.3 is 5.97 Å². The Kier molecular flexibility index (Phi) is 5.19. The third-order valence-corrected chi connectivity index (χ3v) is 2.81. The van der Waals surface area contributed by atoms with Crippen LogP contribution in [0.3, 0.4) is 0 Å². The molecule has 0 radical (unpaired) electrons. The van der Waals surface area contributed by atoms with Crippen molar-refractivity contribution in [1.29, 1.82) is 0 Å². The Morgan fingerprint density at radius 3 is 2.20 bits per heavy atom. The smallest absolute Gasteiger partial charge is 0.303 e. The fourth-order valence-corrected chi connectivity index (χ4v) is 1.86. The van der Waals surface area contributed by atoms with Crippen LogP contribution in [0.5, 0.6) is 0 Å². The number of hydrogen-bond donors (Lipinski definition) is 2. The van der Waals surface area contributed by atoms with E-state index in [0.717, 1.165) is 0 Å². The molecule has 0 aromatic heterocycles. The van der Waals surface area contributed by atoms with Gasteiger partial charge in [-0.3, -0.25) is 9.35 Å². The molecule has 0 aliphatic heterocycles. The Bertz CT molecular complexity index is 309. The Morgan fingerprint density at radius 2 is 1.80 bits per heavy atom. The molecule has 7 heteroatoms. The molecule has 0 amide bonds. The van der Waals surface area contributed by atoms with Gasteiger partial charge < -0.3 is 9.59 Å². The second-order valence-corrected chi connectivity index (χ2v) is 5.74. The highest BCUT2D eigenvalue weighted by Crippen LogP contribution is 2.02. The maximum atomic E-state index is 10.5. The quantitative estimate of drug-likeness (QED) is 0.475. The Hall–Kier alpha value is -0.660. The number of nitrogens with zero attached hydrogens (tertiary/aromatic N) is 1. The van der Waals surface area contributed by atoms with Crippen LogP contribution in [0.1, 0.15) is 12.8 Å². The maximum Gasteiger partial charge on any atom is 0.303 e. The first-order chi connectivity index (χ1) is 6.62. The van der Waals surface area contributed by atoms with Crippen molar-refractivity contribution in [3.8, 4) is 0 Å². The lowest BCUT2D eigenvalue weighted by Gasteiger charge is -2.29. The zero-order chi connectivity index (χ0) is 12.1. The minimum Gasteiger partial charge on any atom is -0.481 e. The van der Waals surface area contributed by atoms with Crippen LogP contribution in [0, 0.1) is 0 Å². The molecule has 0 bridgehead atoms. The van der Waals surface area contributed by atoms with Crippen molar-refractivity contribution in [3.63, 3.8) is 0 Å². The van der Waals surface area contributed by atoms with E-state index in [9.17, 15) is 13.2 Å². The molecule has 0 rings (SSSR count). The van der Waals surface area contributed by atoms with Gasteiger partial charge in [0, 0.05) is 6.42 Å². The summed E-state index contributed by atoms with van der Waals surface area (Å²) in [6, 6.07) is 0. The van der Waals surface area contributed by atoms with Crippen molar-refractivity contribution < 1.29 is 27.4 Å². The first kappa shape index (κ1) is 14.3. The minimum absolute atomic E-state index is 0.0769. The number of hydrogen-bond acceptors (Lipinski definition) is 3. The zero-order valence-corrected chi connectivity index (χ0v) is 9.83. The van der Waals surface area contributed by atoms with E-state index in [0.29, 0.717) is 17.4 Å². The third kappa shape index (κ3) is 9.64. The van der Waals surface area contributed by atoms with E-state index in [4.69, 9.17) is 9.66 Å². The van der Waals surface area contributed by atoms with Crippen LogP contribution in [0.2, 0.25) is 0 Å². The van der Waals surface area contributed by atoms with E-state index in [2.05, 4.69) is 0 Å². The second kappa shape index (κ2) is 5.43. The second-order valence-electron chi connectivity index (χ2n) is 4.17. The van der Waals surface area contributed by atoms with E-state index >= 15 is 0 Å². The van der Waals surface area contributed by atoms with E-state index in [1.807, 2.05) is 0 Å². The average Bonchev–Trinajstić information content (AvgIpc) is 1.99. The van der Waals surface area contributed by atoms with Gasteiger partial charge in [-0.15, -0.1) is 0 Å². The van der Waals surface area contributed by atoms with Crippen LogP contribution in [-0.2, 0) is 14.9 Å². The molecule has 2 N–H and O–H groups in total. The molecular weight excluding hydrogens is 222 g/mol. The molecule has 6 nitrogen and oxygen atoms in total. The summed E-state index contributed by atoms with van der Waals surface area (Å²) in [5, 5.41) is 8.43. The van der Waals surface area contributed by atoms with Crippen molar-refractivity contribution in [2.75, 3.05) is 32.9 Å². The first-order valence-electron chi connectivity index (χ1n) is 4.61. The van der Waals surface area contributed by atoms with E-state index in [1.165, 1.54) is 0 Å². The van der Waals surface area contributed by atoms with Gasteiger partial charge in [-0.2, -0.15) is 8.42 Å². The van der Waals surface area contributed by atoms with Crippen LogP contribution < -0.4 is 0 Å². The number of carboxylic acids is 1. The number of carboxylic acid groups (broad SMARTS) is 1. The largest absolute Gasteiger partial charge is 0.481 e. The van der Waals surface area contributed by atoms with Crippen molar-refractivity contribution in [2.24, 2.45) is 0 Å². The highest BCUT2D eigenvalue weighted by Gasteiger charge is 2.18. The van der Waals surface area contributed by atoms with E-state index in [-0.39, 0.29) is 18.7 Å². The fraction of sp³-hybridized carbons (Fsp3) is 0.875. The van der Waals surface area contributed by atoms with Gasteiger partial charge in [-0.05, 0) is 0 Å². The number of quaternary nitrogens is 1. The van der Waals surface area contributed by atoms with Crippen LogP contribution in [-0.4, -0.2) is 61.5 Å². The van der Waals surface area contributed by atoms with Crippen molar-refractivity contribution in [3.05, 3.63) is 0 Å². The van der Waals surface area contributed by atoms with Crippen LogP contribution in [0.25, 0.3) is 0 Å². The predicted molar refractivity (Wildman–Crippen MR) is 55.1 cm³/mol. The molecule has 0 fully saturated rings. The monoisotopic (exact) mass is 240 g/mol. The summed E-state index contributed by atoms with van der Waals surface area (Å²) in [7, 11) is -0.333. The summed E-state index contributed by atoms with van der Waals surface area (Å²) in [6.07, 6.45) is 0.571. The molecule has 0 aromatic rings. The summed E-state index contributed by atoms with van der Waals surface area (Å²) in [5.41, 5.74) is 0. The highest BCUT2D eigenvalue weighted by molar-refractivity contribution is 7.85. The lowest BCUT2D eigenvalue weighted by atomic mass is 10.3. The minimum atomic E-state index is -3.93. The predicted octanol–water partition coefficient (Wildman–Crippen LogP) is -0.185. The van der Waals surface area contributed by atoms with Gasteiger partial charge in [-0.1, -0.05) is 0 Å². The first-order valence-corrected chi connectivity index (χ1v) is 6.22. The molecule has 0 saturated heterocycles. The summed E-state index contributed by atoms with van der Waals surface area (Å²) in [6.45, 7) is 0.847. The van der Waals surface area contributed by atoms with Crippen LogP contribution in [0.4, 0.5) is 0 Å². The molecular formula is C8H18NO5S+. The lowest BCUT2D eigenvalue weighted by Crippen LogP contribution is -2.43. The summed E-state index contributed by atoms with van der Waals surface area (Å²) >= 11 is 0. The molecule has 0 heterocycles. The number of carbonyl (C=O) groups is 1. The van der Waals surface area contributed by atoms with Crippen LogP contribution >= 0.6 is 0 Å². The van der Waals surface area contributed by atoms with Gasteiger partial charge in [0.15, 0.2) is 0 Å². The zero-order valence-electron chi connectivity index (χ0n) is 9.01. The Labute approximate surface area is 89.8 Å². The van der Waals surface area contributed by atoms with Gasteiger partial charge in [0.05, 0.1) is 33.6 Å². The van der Waals surface area contributed by atoms with Gasteiger partial charge in [0.25, 0.3) is 10.1 Å². The number of rotatable bonds is 7. The van der Waals surface area contributed by atoms with Gasteiger partial charge in [0.1, 0.15) is 5.75 Å². The Morgan fingerprint density at radius 1 is 1.27 bits per heavy atom. The van der Waals surface area contributed by atoms with Gasteiger partial charge in [0.2, 0.25) is 0 Å². The fourth-order valence-electron chi connectivity index (χ4n) is 1.13. The lowest BCUT2D eigenvalue weighted by molar-refractivity contribution is -0.888. The SMILES string of the molecule is C[N+](C)(CCCC(=O)O)CCS(=O)(=O)O. The van der Waals surface area contributed by atoms with E-state index in [1.54, 1.807) is 14.1 Å². The molecule has 0 unspecified atom stereocenters. The van der Waals surface area contributed by atoms with Crippen molar-refractivity contribution in [2.45, 2.75) is 12.8 Å². The molecule has 90 valence electrons. The third-order valence-electron chi connectivity index (χ3n) is 2.11. The molecule has 0 atom stereocenters. The number of aliphatic carboxylic acids is 1. The molecule has 0 spiro atoms. The summed E-state index contributed by atoms with van der Waals surface area (Å²) in [4.78, 5) is 10.3. The average molecular weight is 240 g/mol. The van der Waals surface area contributed by atoms with Gasteiger partial charge in [-0.25, -0.2) is 0 Å².